The molecule has 0 aliphatic heterocycles. The average molecular weight is 453 g/mol. The normalized spacial score (nSPS) is 11.3. The second-order valence-electron chi connectivity index (χ2n) is 8.85. The van der Waals surface area contributed by atoms with Crippen molar-refractivity contribution >= 4 is 63.3 Å². The molecule has 0 unspecified atom stereocenters. The van der Waals surface area contributed by atoms with Gasteiger partial charge in [0, 0.05) is 0 Å². The second-order valence-corrected chi connectivity index (χ2v) is 8.85. The van der Waals surface area contributed by atoms with E-state index in [1.807, 2.05) is 0 Å². The van der Waals surface area contributed by atoms with Crippen LogP contribution in [0.3, 0.4) is 0 Å². The first-order valence-electron chi connectivity index (χ1n) is 12.5. The van der Waals surface area contributed by atoms with Gasteiger partial charge < -0.3 is 10.2 Å². The van der Waals surface area contributed by atoms with Crippen molar-refractivity contribution in [1.82, 2.24) is 0 Å². The third kappa shape index (κ3) is 16.2. The molecule has 5 heteroatoms. The molecule has 0 rings (SSSR count). The SMILES string of the molecule is CCCCCCCCCCCC(CCCCCCCCCCC)(C(=O)O)C(=O)O.[KH]. The van der Waals surface area contributed by atoms with Gasteiger partial charge >= 0.3 is 63.3 Å². The minimum absolute atomic E-state index is 0. The van der Waals surface area contributed by atoms with Crippen molar-refractivity contribution in [1.29, 1.82) is 0 Å². The molecule has 0 heterocycles. The van der Waals surface area contributed by atoms with Crippen LogP contribution in [0, 0.1) is 5.41 Å². The minimum atomic E-state index is -1.58. The molecule has 0 aromatic rings. The Morgan fingerprint density at radius 2 is 0.733 bits per heavy atom. The first-order chi connectivity index (χ1) is 14.0. The first-order valence-corrected chi connectivity index (χ1v) is 12.5. The molecule has 4 nitrogen and oxygen atoms in total. The molecule has 0 amide bonds. The molecule has 174 valence electrons. The van der Waals surface area contributed by atoms with Crippen molar-refractivity contribution in [3.8, 4) is 0 Å². The molecule has 0 spiro atoms. The summed E-state index contributed by atoms with van der Waals surface area (Å²) in [5.74, 6) is -2.30. The molecule has 0 aromatic carbocycles. The molecule has 0 aliphatic rings. The van der Waals surface area contributed by atoms with Crippen molar-refractivity contribution in [2.24, 2.45) is 5.41 Å². The van der Waals surface area contributed by atoms with E-state index < -0.39 is 17.4 Å². The van der Waals surface area contributed by atoms with E-state index in [0.29, 0.717) is 12.8 Å². The Kier molecular flexibility index (Phi) is 24.8. The number of unbranched alkanes of at least 4 members (excludes halogenated alkanes) is 16. The van der Waals surface area contributed by atoms with Gasteiger partial charge in [0.2, 0.25) is 0 Å². The summed E-state index contributed by atoms with van der Waals surface area (Å²) in [5.41, 5.74) is -1.58. The zero-order chi connectivity index (χ0) is 21.8. The Hall–Kier alpha value is 0.576. The molecular formula is C25H49KO4. The Morgan fingerprint density at radius 3 is 0.967 bits per heavy atom. The first kappa shape index (κ1) is 32.8. The Bertz CT molecular complexity index is 374. The van der Waals surface area contributed by atoms with E-state index in [-0.39, 0.29) is 64.2 Å². The maximum absolute atomic E-state index is 11.8. The molecule has 0 aromatic heterocycles. The number of carboxylic acids is 2. The number of hydrogen-bond donors (Lipinski definition) is 2. The Morgan fingerprint density at radius 1 is 0.500 bits per heavy atom. The average Bonchev–Trinajstić information content (AvgIpc) is 2.69. The molecule has 0 atom stereocenters. The number of carbonyl (C=O) groups is 2. The van der Waals surface area contributed by atoms with Gasteiger partial charge in [-0.3, -0.25) is 9.59 Å². The van der Waals surface area contributed by atoms with Gasteiger partial charge in [0.25, 0.3) is 0 Å². The number of carboxylic acid groups (broad SMARTS) is 2. The van der Waals surface area contributed by atoms with Gasteiger partial charge in [0.1, 0.15) is 0 Å². The second kappa shape index (κ2) is 22.8. The topological polar surface area (TPSA) is 74.6 Å². The standard InChI is InChI=1S/C25H48O4.K.H/c1-3-5-7-9-11-13-15-17-19-21-25(23(26)27,24(28)29)22-20-18-16-14-12-10-8-6-4-2;;/h3-22H2,1-2H3,(H,26,27)(H,28,29);;. The monoisotopic (exact) mass is 452 g/mol. The van der Waals surface area contributed by atoms with Crippen molar-refractivity contribution in [3.05, 3.63) is 0 Å². The molecular weight excluding hydrogens is 403 g/mol. The van der Waals surface area contributed by atoms with Crippen LogP contribution in [0.2, 0.25) is 0 Å². The zero-order valence-electron chi connectivity index (χ0n) is 19.4. The van der Waals surface area contributed by atoms with E-state index in [1.165, 1.54) is 77.0 Å². The third-order valence-corrected chi connectivity index (χ3v) is 6.23. The van der Waals surface area contributed by atoms with E-state index in [2.05, 4.69) is 13.8 Å². The van der Waals surface area contributed by atoms with Gasteiger partial charge in [0.05, 0.1) is 0 Å². The number of rotatable bonds is 22. The van der Waals surface area contributed by atoms with Gasteiger partial charge in [-0.2, -0.15) is 0 Å². The fourth-order valence-corrected chi connectivity index (χ4v) is 4.12. The number of hydrogen-bond acceptors (Lipinski definition) is 2. The van der Waals surface area contributed by atoms with E-state index in [1.54, 1.807) is 0 Å². The Labute approximate surface area is 228 Å². The molecule has 0 bridgehead atoms. The predicted octanol–water partition coefficient (Wildman–Crippen LogP) is 7.34. The Balaban J connectivity index is 0. The van der Waals surface area contributed by atoms with Crippen molar-refractivity contribution in [3.63, 3.8) is 0 Å². The quantitative estimate of drug-likeness (QED) is 0.102. The fourth-order valence-electron chi connectivity index (χ4n) is 4.12. The van der Waals surface area contributed by atoms with E-state index in [9.17, 15) is 19.8 Å². The van der Waals surface area contributed by atoms with Gasteiger partial charge in [0.15, 0.2) is 5.41 Å². The van der Waals surface area contributed by atoms with Crippen LogP contribution in [-0.2, 0) is 9.59 Å². The van der Waals surface area contributed by atoms with Crippen LogP contribution in [0.25, 0.3) is 0 Å². The van der Waals surface area contributed by atoms with Gasteiger partial charge in [-0.25, -0.2) is 0 Å². The summed E-state index contributed by atoms with van der Waals surface area (Å²) in [5, 5.41) is 19.3. The summed E-state index contributed by atoms with van der Waals surface area (Å²) in [7, 11) is 0. The summed E-state index contributed by atoms with van der Waals surface area (Å²) < 4.78 is 0. The summed E-state index contributed by atoms with van der Waals surface area (Å²) in [6, 6.07) is 0. The van der Waals surface area contributed by atoms with Crippen LogP contribution in [-0.4, -0.2) is 73.5 Å². The van der Waals surface area contributed by atoms with Gasteiger partial charge in [-0.1, -0.05) is 129 Å². The van der Waals surface area contributed by atoms with Crippen molar-refractivity contribution < 1.29 is 19.8 Å². The molecule has 0 fully saturated rings. The predicted molar refractivity (Wildman–Crippen MR) is 129 cm³/mol. The van der Waals surface area contributed by atoms with Crippen LogP contribution < -0.4 is 0 Å². The molecule has 0 aliphatic carbocycles. The van der Waals surface area contributed by atoms with Gasteiger partial charge in [-0.15, -0.1) is 0 Å². The van der Waals surface area contributed by atoms with Crippen LogP contribution in [0.1, 0.15) is 142 Å². The van der Waals surface area contributed by atoms with E-state index >= 15 is 0 Å². The molecule has 0 radical (unpaired) electrons. The van der Waals surface area contributed by atoms with Crippen LogP contribution in [0.4, 0.5) is 0 Å². The number of aliphatic carboxylic acids is 2. The molecule has 30 heavy (non-hydrogen) atoms. The fraction of sp³-hybridized carbons (Fsp3) is 0.920. The van der Waals surface area contributed by atoms with Gasteiger partial charge in [-0.05, 0) is 12.8 Å². The third-order valence-electron chi connectivity index (χ3n) is 6.23. The maximum atomic E-state index is 11.8. The van der Waals surface area contributed by atoms with E-state index in [0.717, 1.165) is 25.7 Å². The summed E-state index contributed by atoms with van der Waals surface area (Å²) in [4.78, 5) is 23.6. The van der Waals surface area contributed by atoms with Crippen molar-refractivity contribution in [2.75, 3.05) is 0 Å². The summed E-state index contributed by atoms with van der Waals surface area (Å²) >= 11 is 0. The van der Waals surface area contributed by atoms with Crippen LogP contribution >= 0.6 is 0 Å². The summed E-state index contributed by atoms with van der Waals surface area (Å²) in [6.07, 6.45) is 21.1. The van der Waals surface area contributed by atoms with Crippen molar-refractivity contribution in [2.45, 2.75) is 142 Å². The summed E-state index contributed by atoms with van der Waals surface area (Å²) in [6.45, 7) is 4.43. The van der Waals surface area contributed by atoms with Crippen LogP contribution in [0.5, 0.6) is 0 Å². The zero-order valence-corrected chi connectivity index (χ0v) is 19.4. The molecule has 0 saturated heterocycles. The van der Waals surface area contributed by atoms with Crippen LogP contribution in [0.15, 0.2) is 0 Å². The molecule has 2 N–H and O–H groups in total. The van der Waals surface area contributed by atoms with E-state index in [4.69, 9.17) is 0 Å². The molecule has 0 saturated carbocycles.